The van der Waals surface area contributed by atoms with E-state index in [4.69, 9.17) is 4.74 Å². The van der Waals surface area contributed by atoms with E-state index in [0.717, 1.165) is 31.6 Å². The quantitative estimate of drug-likeness (QED) is 0.532. The van der Waals surface area contributed by atoms with Gasteiger partial charge >= 0.3 is 0 Å². The molecule has 2 aliphatic rings. The van der Waals surface area contributed by atoms with Gasteiger partial charge in [0.15, 0.2) is 11.6 Å². The van der Waals surface area contributed by atoms with Crippen LogP contribution in [0.3, 0.4) is 0 Å². The van der Waals surface area contributed by atoms with Crippen molar-refractivity contribution in [2.45, 2.75) is 57.8 Å². The fraction of sp³-hybridized carbons (Fsp3) is 0.500. The Bertz CT molecular complexity index is 976. The number of piperidine rings is 1. The molecule has 4 rings (SSSR count). The number of likely N-dealkylation sites (tertiary alicyclic amines) is 1. The number of halogens is 3. The third-order valence-corrected chi connectivity index (χ3v) is 7.35. The molecule has 2 fully saturated rings. The molecule has 0 saturated carbocycles. The third-order valence-electron chi connectivity index (χ3n) is 6.18. The summed E-state index contributed by atoms with van der Waals surface area (Å²) in [6.45, 7) is 7.95. The SMILES string of the molecule is CC(C)Oc1cc(CN2CC[C@@]3(C[C@@H]2C)CN(C)SN3c2cccc(F)c2)cc(F)c1F. The molecule has 0 amide bonds. The highest BCUT2D eigenvalue weighted by atomic mass is 32.2. The lowest BCUT2D eigenvalue weighted by Crippen LogP contribution is -2.56. The zero-order chi connectivity index (χ0) is 23.0. The molecule has 32 heavy (non-hydrogen) atoms. The van der Waals surface area contributed by atoms with Crippen molar-refractivity contribution < 1.29 is 17.9 Å². The van der Waals surface area contributed by atoms with Gasteiger partial charge in [0.05, 0.1) is 17.3 Å². The van der Waals surface area contributed by atoms with Crippen LogP contribution in [0, 0.1) is 17.5 Å². The fourth-order valence-electron chi connectivity index (χ4n) is 4.86. The first-order valence-corrected chi connectivity index (χ1v) is 11.7. The molecule has 4 nitrogen and oxygen atoms in total. The Balaban J connectivity index is 1.51. The molecule has 0 bridgehead atoms. The Morgan fingerprint density at radius 2 is 1.97 bits per heavy atom. The summed E-state index contributed by atoms with van der Waals surface area (Å²) in [5.41, 5.74) is 1.46. The predicted molar refractivity (Wildman–Crippen MR) is 123 cm³/mol. The molecule has 1 spiro atoms. The maximum absolute atomic E-state index is 14.2. The van der Waals surface area contributed by atoms with Crippen molar-refractivity contribution in [3.05, 3.63) is 59.4 Å². The maximum Gasteiger partial charge on any atom is 0.200 e. The largest absolute Gasteiger partial charge is 0.488 e. The second-order valence-corrected chi connectivity index (χ2v) is 10.3. The Morgan fingerprint density at radius 3 is 2.66 bits per heavy atom. The molecular formula is C24H30F3N3OS. The van der Waals surface area contributed by atoms with Gasteiger partial charge in [-0.2, -0.15) is 4.39 Å². The van der Waals surface area contributed by atoms with E-state index in [1.54, 1.807) is 44.2 Å². The summed E-state index contributed by atoms with van der Waals surface area (Å²) in [7, 11) is 2.06. The maximum atomic E-state index is 14.2. The monoisotopic (exact) mass is 465 g/mol. The van der Waals surface area contributed by atoms with Crippen LogP contribution in [0.4, 0.5) is 18.9 Å². The van der Waals surface area contributed by atoms with Crippen molar-refractivity contribution in [1.29, 1.82) is 0 Å². The molecule has 174 valence electrons. The second kappa shape index (κ2) is 9.15. The minimum atomic E-state index is -0.940. The first kappa shape index (κ1) is 23.3. The lowest BCUT2D eigenvalue weighted by Gasteiger charge is -2.47. The summed E-state index contributed by atoms with van der Waals surface area (Å²) >= 11 is 1.62. The molecule has 2 aliphatic heterocycles. The Morgan fingerprint density at radius 1 is 1.19 bits per heavy atom. The first-order chi connectivity index (χ1) is 15.2. The molecule has 0 radical (unpaired) electrons. The molecule has 0 aliphatic carbocycles. The lowest BCUT2D eigenvalue weighted by molar-refractivity contribution is 0.100. The van der Waals surface area contributed by atoms with Crippen molar-refractivity contribution in [1.82, 2.24) is 9.21 Å². The van der Waals surface area contributed by atoms with E-state index in [1.807, 2.05) is 6.07 Å². The Kier molecular flexibility index (Phi) is 6.66. The zero-order valence-corrected chi connectivity index (χ0v) is 19.8. The van der Waals surface area contributed by atoms with E-state index in [9.17, 15) is 13.2 Å². The van der Waals surface area contributed by atoms with Gasteiger partial charge in [-0.1, -0.05) is 6.07 Å². The first-order valence-electron chi connectivity index (χ1n) is 11.0. The van der Waals surface area contributed by atoms with Crippen LogP contribution in [0.15, 0.2) is 36.4 Å². The second-order valence-electron chi connectivity index (χ2n) is 9.20. The van der Waals surface area contributed by atoms with Crippen LogP contribution < -0.4 is 9.04 Å². The molecule has 0 aromatic heterocycles. The number of anilines is 1. The lowest BCUT2D eigenvalue weighted by atomic mass is 9.82. The standard InChI is InChI=1S/C24H30F3N3OS/c1-16(2)31-22-11-18(10-21(26)23(22)27)14-29-9-8-24(13-17(29)3)15-28(4)32-30(24)20-7-5-6-19(25)12-20/h5-7,10-12,16-17H,8-9,13-15H2,1-4H3/t17-,24+/m0/s1. The molecular weight excluding hydrogens is 435 g/mol. The van der Waals surface area contributed by atoms with Crippen LogP contribution in [0.2, 0.25) is 0 Å². The number of nitrogens with zero attached hydrogens (tertiary/aromatic N) is 3. The van der Waals surface area contributed by atoms with Crippen LogP contribution in [-0.4, -0.2) is 47.0 Å². The number of rotatable bonds is 5. The number of ether oxygens (including phenoxy) is 1. The number of likely N-dealkylation sites (N-methyl/N-ethyl adjacent to an activating group) is 1. The highest BCUT2D eigenvalue weighted by molar-refractivity contribution is 7.98. The van der Waals surface area contributed by atoms with Gasteiger partial charge in [0.2, 0.25) is 5.82 Å². The highest BCUT2D eigenvalue weighted by Gasteiger charge is 2.48. The van der Waals surface area contributed by atoms with Gasteiger partial charge in [-0.15, -0.1) is 0 Å². The van der Waals surface area contributed by atoms with Gasteiger partial charge in [-0.05, 0) is 76.6 Å². The number of benzene rings is 2. The molecule has 8 heteroatoms. The van der Waals surface area contributed by atoms with Crippen LogP contribution in [-0.2, 0) is 6.54 Å². The molecule has 2 saturated heterocycles. The molecule has 2 aromatic carbocycles. The Labute approximate surface area is 192 Å². The van der Waals surface area contributed by atoms with E-state index >= 15 is 0 Å². The summed E-state index contributed by atoms with van der Waals surface area (Å²) in [4.78, 5) is 2.30. The topological polar surface area (TPSA) is 19.0 Å². The van der Waals surface area contributed by atoms with Crippen molar-refractivity contribution in [2.75, 3.05) is 24.4 Å². The smallest absolute Gasteiger partial charge is 0.200 e. The Hall–Kier alpha value is -1.90. The third kappa shape index (κ3) is 4.72. The predicted octanol–water partition coefficient (Wildman–Crippen LogP) is 5.63. The summed E-state index contributed by atoms with van der Waals surface area (Å²) < 4.78 is 52.1. The summed E-state index contributed by atoms with van der Waals surface area (Å²) in [6, 6.07) is 9.83. The van der Waals surface area contributed by atoms with Crippen LogP contribution >= 0.6 is 12.1 Å². The van der Waals surface area contributed by atoms with E-state index in [-0.39, 0.29) is 29.3 Å². The normalized spacial score (nSPS) is 24.6. The van der Waals surface area contributed by atoms with Gasteiger partial charge in [0.1, 0.15) is 5.82 Å². The summed E-state index contributed by atoms with van der Waals surface area (Å²) in [5.74, 6) is -2.10. The van der Waals surface area contributed by atoms with Crippen LogP contribution in [0.5, 0.6) is 5.75 Å². The van der Waals surface area contributed by atoms with Crippen molar-refractivity contribution in [3.63, 3.8) is 0 Å². The van der Waals surface area contributed by atoms with Gasteiger partial charge in [0, 0.05) is 37.8 Å². The van der Waals surface area contributed by atoms with Gasteiger partial charge < -0.3 is 4.74 Å². The molecule has 2 heterocycles. The van der Waals surface area contributed by atoms with Crippen molar-refractivity contribution in [2.24, 2.45) is 0 Å². The summed E-state index contributed by atoms with van der Waals surface area (Å²) in [6.07, 6.45) is 1.54. The molecule has 0 N–H and O–H groups in total. The molecule has 0 unspecified atom stereocenters. The average Bonchev–Trinajstić information content (AvgIpc) is 3.03. The molecule has 2 atom stereocenters. The van der Waals surface area contributed by atoms with Gasteiger partial charge in [-0.3, -0.25) is 9.21 Å². The van der Waals surface area contributed by atoms with Crippen molar-refractivity contribution >= 4 is 17.8 Å². The molecule has 2 aromatic rings. The summed E-state index contributed by atoms with van der Waals surface area (Å²) in [5, 5.41) is 0. The van der Waals surface area contributed by atoms with E-state index in [1.165, 1.54) is 12.1 Å². The van der Waals surface area contributed by atoms with E-state index in [2.05, 4.69) is 27.5 Å². The zero-order valence-electron chi connectivity index (χ0n) is 18.9. The van der Waals surface area contributed by atoms with Gasteiger partial charge in [-0.25, -0.2) is 13.1 Å². The fourth-order valence-corrected chi connectivity index (χ4v) is 6.04. The minimum Gasteiger partial charge on any atom is -0.488 e. The van der Waals surface area contributed by atoms with Crippen molar-refractivity contribution in [3.8, 4) is 5.75 Å². The van der Waals surface area contributed by atoms with E-state index in [0.29, 0.717) is 12.1 Å². The number of hydrogen-bond donors (Lipinski definition) is 0. The van der Waals surface area contributed by atoms with Crippen LogP contribution in [0.25, 0.3) is 0 Å². The minimum absolute atomic E-state index is 0.0396. The highest BCUT2D eigenvalue weighted by Crippen LogP contribution is 2.47. The van der Waals surface area contributed by atoms with Crippen LogP contribution in [0.1, 0.15) is 39.2 Å². The van der Waals surface area contributed by atoms with E-state index < -0.39 is 11.6 Å². The number of hydrogen-bond acceptors (Lipinski definition) is 5. The van der Waals surface area contributed by atoms with Gasteiger partial charge in [0.25, 0.3) is 0 Å². The average molecular weight is 466 g/mol.